The molecule has 27 heavy (non-hydrogen) atoms. The molecular formula is C20H20N4O2S. The maximum atomic E-state index is 13.0. The summed E-state index contributed by atoms with van der Waals surface area (Å²) in [5.41, 5.74) is 2.45. The van der Waals surface area contributed by atoms with Crippen LogP contribution in [0.2, 0.25) is 0 Å². The van der Waals surface area contributed by atoms with Crippen molar-refractivity contribution in [3.05, 3.63) is 63.0 Å². The lowest BCUT2D eigenvalue weighted by molar-refractivity contribution is 0.0588. The van der Waals surface area contributed by atoms with Crippen LogP contribution in [0.4, 0.5) is 0 Å². The Bertz CT molecular complexity index is 1080. The van der Waals surface area contributed by atoms with Crippen LogP contribution in [0.5, 0.6) is 0 Å². The Hall–Kier alpha value is -2.67. The summed E-state index contributed by atoms with van der Waals surface area (Å²) in [4.78, 5) is 29.4. The van der Waals surface area contributed by atoms with E-state index in [2.05, 4.69) is 23.2 Å². The van der Waals surface area contributed by atoms with Crippen LogP contribution in [0.25, 0.3) is 10.6 Å². The van der Waals surface area contributed by atoms with Gasteiger partial charge < -0.3 is 9.47 Å². The molecule has 5 rings (SSSR count). The first-order valence-corrected chi connectivity index (χ1v) is 10.0. The Kier molecular flexibility index (Phi) is 3.79. The predicted octanol–water partition coefficient (Wildman–Crippen LogP) is 2.87. The summed E-state index contributed by atoms with van der Waals surface area (Å²) < 4.78 is 1.88. The topological polar surface area (TPSA) is 71.0 Å². The number of aromatic nitrogens is 3. The summed E-state index contributed by atoms with van der Waals surface area (Å²) in [7, 11) is 0. The van der Waals surface area contributed by atoms with Crippen molar-refractivity contribution in [3.63, 3.8) is 0 Å². The van der Waals surface area contributed by atoms with Gasteiger partial charge >= 0.3 is 0 Å². The molecule has 1 N–H and O–H groups in total. The number of aromatic amines is 1. The monoisotopic (exact) mass is 380 g/mol. The van der Waals surface area contributed by atoms with E-state index in [4.69, 9.17) is 0 Å². The van der Waals surface area contributed by atoms with E-state index >= 15 is 0 Å². The van der Waals surface area contributed by atoms with Crippen molar-refractivity contribution in [1.82, 2.24) is 19.7 Å². The molecule has 2 atom stereocenters. The molecule has 6 nitrogen and oxygen atoms in total. The molecule has 1 saturated heterocycles. The van der Waals surface area contributed by atoms with Crippen molar-refractivity contribution in [3.8, 4) is 10.6 Å². The number of amides is 1. The van der Waals surface area contributed by atoms with Gasteiger partial charge in [0.2, 0.25) is 0 Å². The second-order valence-corrected chi connectivity index (χ2v) is 8.77. The standard InChI is InChI=1S/C20H20N4O2S/c1-12-5-6-18(27-12)15-8-16(22-21-15)20(26)23-9-13-7-14(11-23)17-3-2-4-19(25)24(17)10-13/h2-6,8,13-14H,7,9-11H2,1H3,(H,21,22). The summed E-state index contributed by atoms with van der Waals surface area (Å²) in [5, 5.41) is 7.26. The molecule has 1 amide bonds. The Morgan fingerprint density at radius 3 is 2.93 bits per heavy atom. The van der Waals surface area contributed by atoms with Crippen LogP contribution in [-0.2, 0) is 6.54 Å². The number of carbonyl (C=O) groups excluding carboxylic acids is 1. The minimum absolute atomic E-state index is 0.0350. The zero-order chi connectivity index (χ0) is 18.5. The van der Waals surface area contributed by atoms with Gasteiger partial charge in [0.1, 0.15) is 0 Å². The maximum Gasteiger partial charge on any atom is 0.274 e. The van der Waals surface area contributed by atoms with E-state index in [1.54, 1.807) is 17.4 Å². The van der Waals surface area contributed by atoms with Crippen LogP contribution in [0.1, 0.15) is 33.4 Å². The minimum Gasteiger partial charge on any atom is -0.336 e. The molecule has 0 spiro atoms. The summed E-state index contributed by atoms with van der Waals surface area (Å²) in [6.45, 7) is 4.07. The number of piperidine rings is 1. The zero-order valence-corrected chi connectivity index (χ0v) is 15.8. The third-order valence-electron chi connectivity index (χ3n) is 5.57. The van der Waals surface area contributed by atoms with Gasteiger partial charge in [0.15, 0.2) is 5.69 Å². The van der Waals surface area contributed by atoms with Crippen LogP contribution in [-0.4, -0.2) is 38.7 Å². The van der Waals surface area contributed by atoms with Gasteiger partial charge in [0.25, 0.3) is 11.5 Å². The van der Waals surface area contributed by atoms with Crippen molar-refractivity contribution in [2.24, 2.45) is 5.92 Å². The van der Waals surface area contributed by atoms with Crippen LogP contribution in [0.3, 0.4) is 0 Å². The number of hydrogen-bond donors (Lipinski definition) is 1. The summed E-state index contributed by atoms with van der Waals surface area (Å²) in [6.07, 6.45) is 1.04. The number of likely N-dealkylation sites (tertiary alicyclic amines) is 1. The van der Waals surface area contributed by atoms with Gasteiger partial charge in [-0.05, 0) is 43.5 Å². The van der Waals surface area contributed by atoms with E-state index < -0.39 is 0 Å². The molecule has 2 aliphatic rings. The number of H-pyrrole nitrogens is 1. The first kappa shape index (κ1) is 16.5. The molecule has 138 valence electrons. The van der Waals surface area contributed by atoms with E-state index in [0.717, 1.165) is 22.7 Å². The number of fused-ring (bicyclic) bond motifs is 4. The van der Waals surface area contributed by atoms with E-state index in [9.17, 15) is 9.59 Å². The normalized spacial score (nSPS) is 21.1. The molecule has 5 heterocycles. The second kappa shape index (κ2) is 6.20. The van der Waals surface area contributed by atoms with Crippen LogP contribution < -0.4 is 5.56 Å². The third kappa shape index (κ3) is 2.82. The van der Waals surface area contributed by atoms with E-state index in [1.807, 2.05) is 33.7 Å². The number of rotatable bonds is 2. The van der Waals surface area contributed by atoms with Crippen LogP contribution in [0.15, 0.2) is 41.2 Å². The van der Waals surface area contributed by atoms with Crippen molar-refractivity contribution >= 4 is 17.2 Å². The van der Waals surface area contributed by atoms with Gasteiger partial charge in [-0.25, -0.2) is 0 Å². The van der Waals surface area contributed by atoms with Gasteiger partial charge in [-0.2, -0.15) is 5.10 Å². The fourth-order valence-corrected chi connectivity index (χ4v) is 5.19. The number of hydrogen-bond acceptors (Lipinski definition) is 4. The molecule has 2 bridgehead atoms. The average Bonchev–Trinajstić information content (AvgIpc) is 3.31. The van der Waals surface area contributed by atoms with Crippen molar-refractivity contribution in [2.75, 3.05) is 13.1 Å². The summed E-state index contributed by atoms with van der Waals surface area (Å²) in [5.74, 6) is 0.500. The van der Waals surface area contributed by atoms with Crippen molar-refractivity contribution in [2.45, 2.75) is 25.8 Å². The average molecular weight is 380 g/mol. The molecule has 0 aliphatic carbocycles. The highest BCUT2D eigenvalue weighted by Crippen LogP contribution is 2.35. The summed E-state index contributed by atoms with van der Waals surface area (Å²) in [6, 6.07) is 11.4. The number of aryl methyl sites for hydroxylation is 1. The highest BCUT2D eigenvalue weighted by molar-refractivity contribution is 7.15. The van der Waals surface area contributed by atoms with E-state index in [-0.39, 0.29) is 17.4 Å². The fraction of sp³-hybridized carbons (Fsp3) is 0.350. The Morgan fingerprint density at radius 2 is 2.11 bits per heavy atom. The molecule has 0 aromatic carbocycles. The predicted molar refractivity (Wildman–Crippen MR) is 104 cm³/mol. The first-order chi connectivity index (χ1) is 13.1. The quantitative estimate of drug-likeness (QED) is 0.743. The second-order valence-electron chi connectivity index (χ2n) is 7.49. The number of pyridine rings is 1. The first-order valence-electron chi connectivity index (χ1n) is 9.20. The fourth-order valence-electron chi connectivity index (χ4n) is 4.36. The molecule has 7 heteroatoms. The maximum absolute atomic E-state index is 13.0. The number of nitrogens with zero attached hydrogens (tertiary/aromatic N) is 3. The van der Waals surface area contributed by atoms with Crippen LogP contribution >= 0.6 is 11.3 Å². The molecular weight excluding hydrogens is 360 g/mol. The highest BCUT2D eigenvalue weighted by Gasteiger charge is 2.37. The van der Waals surface area contributed by atoms with Crippen molar-refractivity contribution < 1.29 is 4.79 Å². The lowest BCUT2D eigenvalue weighted by Crippen LogP contribution is -2.49. The minimum atomic E-state index is -0.0350. The molecule has 3 aromatic heterocycles. The SMILES string of the molecule is Cc1ccc(-c2cc(C(=O)N3CC4CC(C3)c3cccc(=O)n3C4)n[nH]2)s1. The molecule has 2 unspecified atom stereocenters. The lowest BCUT2D eigenvalue weighted by atomic mass is 9.83. The number of thiophene rings is 1. The summed E-state index contributed by atoms with van der Waals surface area (Å²) >= 11 is 1.68. The third-order valence-corrected chi connectivity index (χ3v) is 6.60. The number of nitrogens with one attached hydrogen (secondary N) is 1. The Labute approximate surface area is 160 Å². The largest absolute Gasteiger partial charge is 0.336 e. The van der Waals surface area contributed by atoms with E-state index in [1.165, 1.54) is 4.88 Å². The molecule has 0 radical (unpaired) electrons. The Morgan fingerprint density at radius 1 is 1.22 bits per heavy atom. The van der Waals surface area contributed by atoms with Gasteiger partial charge in [0, 0.05) is 42.2 Å². The van der Waals surface area contributed by atoms with Crippen LogP contribution in [0, 0.1) is 12.8 Å². The lowest BCUT2D eigenvalue weighted by Gasteiger charge is -2.42. The smallest absolute Gasteiger partial charge is 0.274 e. The molecule has 2 aliphatic heterocycles. The van der Waals surface area contributed by atoms with Crippen molar-refractivity contribution in [1.29, 1.82) is 0 Å². The van der Waals surface area contributed by atoms with E-state index in [0.29, 0.717) is 31.2 Å². The molecule has 1 fully saturated rings. The zero-order valence-electron chi connectivity index (χ0n) is 15.0. The van der Waals surface area contributed by atoms with Gasteiger partial charge in [0.05, 0.1) is 10.6 Å². The van der Waals surface area contributed by atoms with Gasteiger partial charge in [-0.3, -0.25) is 14.7 Å². The Balaban J connectivity index is 1.40. The molecule has 3 aromatic rings. The molecule has 0 saturated carbocycles. The number of carbonyl (C=O) groups is 1. The highest BCUT2D eigenvalue weighted by atomic mass is 32.1. The van der Waals surface area contributed by atoms with Gasteiger partial charge in [-0.1, -0.05) is 6.07 Å². The van der Waals surface area contributed by atoms with Gasteiger partial charge in [-0.15, -0.1) is 11.3 Å².